The number of para-hydroxylation sites is 1. The summed E-state index contributed by atoms with van der Waals surface area (Å²) < 4.78 is 61.8. The third-order valence-corrected chi connectivity index (χ3v) is 20.5. The molecule has 13 rings (SSSR count). The van der Waals surface area contributed by atoms with Crippen LogP contribution in [0.3, 0.4) is 0 Å². The fourth-order valence-electron chi connectivity index (χ4n) is 14.6. The Kier molecular flexibility index (Phi) is 15.3. The summed E-state index contributed by atoms with van der Waals surface area (Å²) in [4.78, 5) is 48.6. The average Bonchev–Trinajstić information content (AvgIpc) is 2.10. The fourth-order valence-corrected chi connectivity index (χ4v) is 15.6. The third-order valence-electron chi connectivity index (χ3n) is 19.2. The monoisotopic (exact) mass is 1180 g/mol. The lowest BCUT2D eigenvalue weighted by Crippen LogP contribution is -2.60. The number of aromatic amines is 1. The number of piperazine rings is 1. The first-order chi connectivity index (χ1) is 41.0. The molecule has 5 fully saturated rings. The van der Waals surface area contributed by atoms with Gasteiger partial charge in [-0.15, -0.1) is 0 Å². The van der Waals surface area contributed by atoms with Crippen LogP contribution >= 0.6 is 0 Å². The van der Waals surface area contributed by atoms with E-state index in [0.29, 0.717) is 73.8 Å². The van der Waals surface area contributed by atoms with Crippen LogP contribution in [0.5, 0.6) is 23.3 Å². The molecule has 2 aliphatic carbocycles. The van der Waals surface area contributed by atoms with E-state index in [1.807, 2.05) is 43.6 Å². The largest absolute Gasteiger partial charge is 0.491 e. The van der Waals surface area contributed by atoms with Crippen molar-refractivity contribution in [2.75, 3.05) is 81.3 Å². The standard InChI is InChI=1S/C63H76N10O11S/c1-39(2)83-55-8-6-5-7-45(55)54-37-70(49-18-30-82-57-46(49)16-24-65-61(57)80-4)27-28-71(54)43-34-63(35-43)21-25-69(26-22-63)42-9-11-47(51(32-42)72-50-17-29-81-38-56(50)84-60-53(72)31-41-15-23-64-58(41)67-60)59(74)68-85(78,79)44-10-12-48(52(33-44)73(76)77)66-36-40-13-19-62(3,75)20-14-40/h5-12,15-16,23-24,31-33,39-40,43,49-50,54,56,66,75H,13-14,17-22,25-30,34-38H2,1-4H3,(H,64,67)(H,68,74)/t40?,49-,50-,54+,56-,62?/m0/s1. The molecule has 2 saturated carbocycles. The molecule has 3 aromatic heterocycles. The highest BCUT2D eigenvalue weighted by molar-refractivity contribution is 7.90. The molecule has 0 radical (unpaired) electrons. The van der Waals surface area contributed by atoms with Crippen molar-refractivity contribution in [3.63, 3.8) is 0 Å². The van der Waals surface area contributed by atoms with Gasteiger partial charge in [-0.1, -0.05) is 18.2 Å². The van der Waals surface area contributed by atoms with Gasteiger partial charge in [-0.05, 0) is 144 Å². The van der Waals surface area contributed by atoms with Crippen molar-refractivity contribution in [3.8, 4) is 23.3 Å². The van der Waals surface area contributed by atoms with Crippen LogP contribution < -0.4 is 38.8 Å². The van der Waals surface area contributed by atoms with Gasteiger partial charge in [0.1, 0.15) is 28.9 Å². The van der Waals surface area contributed by atoms with Gasteiger partial charge in [-0.2, -0.15) is 4.98 Å². The topological polar surface area (TPSA) is 239 Å². The van der Waals surface area contributed by atoms with Crippen molar-refractivity contribution in [2.24, 2.45) is 11.3 Å². The summed E-state index contributed by atoms with van der Waals surface area (Å²) in [6.45, 7) is 12.0. The Hall–Kier alpha value is -7.24. The molecule has 85 heavy (non-hydrogen) atoms. The average molecular weight is 1180 g/mol. The molecule has 4 N–H and O–H groups in total. The summed E-state index contributed by atoms with van der Waals surface area (Å²) in [7, 11) is -3.02. The number of anilines is 4. The minimum atomic E-state index is -4.65. The van der Waals surface area contributed by atoms with E-state index in [0.717, 1.165) is 112 Å². The molecule has 1 amide bonds. The number of hydrogen-bond acceptors (Lipinski definition) is 18. The number of nitrogens with one attached hydrogen (secondary N) is 3. The number of benzene rings is 3. The molecule has 6 aromatic rings. The number of carbonyl (C=O) groups is 1. The second kappa shape index (κ2) is 22.9. The van der Waals surface area contributed by atoms with Crippen LogP contribution in [0, 0.1) is 21.4 Å². The van der Waals surface area contributed by atoms with Gasteiger partial charge >= 0.3 is 0 Å². The third kappa shape index (κ3) is 11.2. The number of nitrogens with zero attached hydrogens (tertiary/aromatic N) is 7. The van der Waals surface area contributed by atoms with Crippen LogP contribution in [0.15, 0.2) is 96.2 Å². The number of hydrogen-bond donors (Lipinski definition) is 4. The molecule has 450 valence electrons. The second-order valence-corrected chi connectivity index (χ2v) is 26.7. The Balaban J connectivity index is 0.762. The van der Waals surface area contributed by atoms with Crippen molar-refractivity contribution < 1.29 is 46.9 Å². The highest BCUT2D eigenvalue weighted by Crippen LogP contribution is 2.55. The van der Waals surface area contributed by atoms with Crippen molar-refractivity contribution >= 4 is 55.4 Å². The first-order valence-electron chi connectivity index (χ1n) is 30.2. The minimum Gasteiger partial charge on any atom is -0.491 e. The van der Waals surface area contributed by atoms with Crippen molar-refractivity contribution in [1.82, 2.24) is 29.5 Å². The van der Waals surface area contributed by atoms with Crippen LogP contribution in [0.2, 0.25) is 0 Å². The number of nitro groups is 1. The molecular weight excluding hydrogens is 1100 g/mol. The quantitative estimate of drug-likeness (QED) is 0.0553. The Morgan fingerprint density at radius 2 is 1.74 bits per heavy atom. The molecule has 7 aliphatic rings. The summed E-state index contributed by atoms with van der Waals surface area (Å²) in [6, 6.07) is 24.1. The number of carbonyl (C=O) groups excluding carboxylic acids is 1. The highest BCUT2D eigenvalue weighted by Gasteiger charge is 2.51. The van der Waals surface area contributed by atoms with E-state index in [9.17, 15) is 28.4 Å². The van der Waals surface area contributed by atoms with Crippen LogP contribution in [-0.2, 0) is 14.8 Å². The molecule has 0 bridgehead atoms. The van der Waals surface area contributed by atoms with Crippen molar-refractivity contribution in [3.05, 3.63) is 118 Å². The van der Waals surface area contributed by atoms with Gasteiger partial charge in [0.15, 0.2) is 5.75 Å². The van der Waals surface area contributed by atoms with E-state index >= 15 is 0 Å². The lowest BCUT2D eigenvalue weighted by atomic mass is 9.59. The molecule has 22 heteroatoms. The van der Waals surface area contributed by atoms with Gasteiger partial charge in [0.05, 0.1) is 65.2 Å². The zero-order valence-electron chi connectivity index (χ0n) is 48.7. The Labute approximate surface area is 495 Å². The number of H-pyrrole nitrogens is 1. The summed E-state index contributed by atoms with van der Waals surface area (Å²) in [6.07, 6.45) is 11.5. The molecule has 0 unspecified atom stereocenters. The second-order valence-electron chi connectivity index (χ2n) is 25.0. The lowest BCUT2D eigenvalue weighted by molar-refractivity contribution is -0.384. The number of aliphatic hydroxyl groups is 1. The van der Waals surface area contributed by atoms with Crippen LogP contribution in [0.4, 0.5) is 28.4 Å². The number of rotatable bonds is 15. The normalized spacial score (nSPS) is 25.2. The van der Waals surface area contributed by atoms with Crippen molar-refractivity contribution in [2.45, 2.75) is 132 Å². The molecular formula is C63H76N10O11S. The van der Waals surface area contributed by atoms with Gasteiger partial charge in [-0.3, -0.25) is 24.7 Å². The minimum absolute atomic E-state index is 0.0224. The van der Waals surface area contributed by atoms with Crippen molar-refractivity contribution in [1.29, 1.82) is 0 Å². The Bertz CT molecular complexity index is 3590. The molecule has 5 aliphatic heterocycles. The number of amides is 1. The predicted molar refractivity (Wildman–Crippen MR) is 321 cm³/mol. The Morgan fingerprint density at radius 1 is 0.929 bits per heavy atom. The van der Waals surface area contributed by atoms with Gasteiger partial charge in [0, 0.05) is 105 Å². The zero-order chi connectivity index (χ0) is 58.8. The van der Waals surface area contributed by atoms with Crippen LogP contribution in [0.1, 0.15) is 119 Å². The van der Waals surface area contributed by atoms with Gasteiger partial charge in [-0.25, -0.2) is 18.1 Å². The maximum absolute atomic E-state index is 14.9. The van der Waals surface area contributed by atoms with E-state index in [1.165, 1.54) is 17.7 Å². The lowest BCUT2D eigenvalue weighted by Gasteiger charge is -2.58. The maximum Gasteiger partial charge on any atom is 0.293 e. The maximum atomic E-state index is 14.9. The zero-order valence-corrected chi connectivity index (χ0v) is 49.5. The molecule has 3 aromatic carbocycles. The van der Waals surface area contributed by atoms with Gasteiger partial charge < -0.3 is 48.9 Å². The van der Waals surface area contributed by atoms with Gasteiger partial charge in [0.25, 0.3) is 27.5 Å². The number of nitro benzene ring substituents is 1. The predicted octanol–water partition coefficient (Wildman–Crippen LogP) is 9.45. The Morgan fingerprint density at radius 3 is 2.53 bits per heavy atom. The number of pyridine rings is 2. The first-order valence-corrected chi connectivity index (χ1v) is 31.6. The SMILES string of the molecule is COc1nccc2c1OCC[C@@H]2N1CCN(C2CC3(CCN(c4ccc(C(=O)NS(=O)(=O)c5ccc(NCC6CCC(C)(O)CC6)c([N+](=O)[O-])c5)c(N5c6cc7cc[nH]c7nc6O[C@H]6COCC[C@@H]65)c4)CC3)C2)[C@@H](c2ccccc2OC(C)C)C1. The molecule has 3 saturated heterocycles. The van der Waals surface area contributed by atoms with Crippen LogP contribution in [0.25, 0.3) is 11.0 Å². The number of fused-ring (bicyclic) bond motifs is 4. The number of sulfonamides is 1. The number of aromatic nitrogens is 3. The summed E-state index contributed by atoms with van der Waals surface area (Å²) in [5, 5.41) is 26.9. The fraction of sp³-hybridized carbons (Fsp3) is 0.508. The number of ether oxygens (including phenoxy) is 5. The van der Waals surface area contributed by atoms with E-state index in [1.54, 1.807) is 13.2 Å². The van der Waals surface area contributed by atoms with E-state index in [-0.39, 0.29) is 53.4 Å². The van der Waals surface area contributed by atoms with Crippen LogP contribution in [-0.4, -0.2) is 145 Å². The number of methoxy groups -OCH3 is 1. The molecule has 21 nitrogen and oxygen atoms in total. The summed E-state index contributed by atoms with van der Waals surface area (Å²) >= 11 is 0. The molecule has 8 heterocycles. The van der Waals surface area contributed by atoms with Gasteiger partial charge in [0.2, 0.25) is 5.88 Å². The smallest absolute Gasteiger partial charge is 0.293 e. The molecule has 4 atom stereocenters. The van der Waals surface area contributed by atoms with E-state index in [4.69, 9.17) is 28.7 Å². The van der Waals surface area contributed by atoms with E-state index in [2.05, 4.69) is 83.8 Å². The molecule has 1 spiro atoms. The summed E-state index contributed by atoms with van der Waals surface area (Å²) in [5.41, 5.74) is 4.23. The van der Waals surface area contributed by atoms with E-state index < -0.39 is 43.1 Å². The number of piperidine rings is 1. The highest BCUT2D eigenvalue weighted by atomic mass is 32.2. The first kappa shape index (κ1) is 56.9. The summed E-state index contributed by atoms with van der Waals surface area (Å²) in [5.74, 6) is 1.83.